The first-order valence-electron chi connectivity index (χ1n) is 6.20. The van der Waals surface area contributed by atoms with E-state index in [2.05, 4.69) is 10.5 Å². The minimum absolute atomic E-state index is 0.00343. The van der Waals surface area contributed by atoms with Gasteiger partial charge in [0.15, 0.2) is 0 Å². The van der Waals surface area contributed by atoms with E-state index in [1.165, 1.54) is 6.20 Å². The van der Waals surface area contributed by atoms with Gasteiger partial charge in [0.2, 0.25) is 0 Å². The van der Waals surface area contributed by atoms with Crippen molar-refractivity contribution >= 4 is 23.2 Å². The molecule has 4 nitrogen and oxygen atoms in total. The highest BCUT2D eigenvalue weighted by atomic mass is 35.5. The maximum atomic E-state index is 14.1. The zero-order chi connectivity index (χ0) is 15.7. The lowest BCUT2D eigenvalue weighted by Gasteiger charge is -2.21. The van der Waals surface area contributed by atoms with Crippen LogP contribution in [0.1, 0.15) is 37.2 Å². The lowest BCUT2D eigenvalue weighted by molar-refractivity contribution is 0.465. The van der Waals surface area contributed by atoms with Gasteiger partial charge in [0.1, 0.15) is 11.6 Å². The van der Waals surface area contributed by atoms with Crippen molar-refractivity contribution in [1.82, 2.24) is 15.2 Å². The summed E-state index contributed by atoms with van der Waals surface area (Å²) in [6.45, 7) is 3.78. The second kappa shape index (κ2) is 6.27. The number of nitrogens with one attached hydrogen (secondary N) is 1. The van der Waals surface area contributed by atoms with Gasteiger partial charge in [-0.25, -0.2) is 14.2 Å². The molecule has 0 saturated heterocycles. The van der Waals surface area contributed by atoms with Crippen LogP contribution in [0.5, 0.6) is 0 Å². The second-order valence-corrected chi connectivity index (χ2v) is 5.62. The summed E-state index contributed by atoms with van der Waals surface area (Å²) < 4.78 is 29.3. The maximum absolute atomic E-state index is 14.1. The van der Waals surface area contributed by atoms with Crippen molar-refractivity contribution in [3.8, 4) is 0 Å². The molecule has 0 fully saturated rings. The zero-order valence-corrected chi connectivity index (χ0v) is 12.9. The Morgan fingerprint density at radius 1 is 1.19 bits per heavy atom. The largest absolute Gasteiger partial charge is 0.271 e. The quantitative estimate of drug-likeness (QED) is 0.510. The summed E-state index contributed by atoms with van der Waals surface area (Å²) in [6, 6.07) is 1.02. The molecule has 0 bridgehead atoms. The number of nitrogens with zero attached hydrogens (tertiary/aromatic N) is 2. The first kappa shape index (κ1) is 16.2. The van der Waals surface area contributed by atoms with E-state index in [0.717, 1.165) is 12.1 Å². The first-order valence-corrected chi connectivity index (χ1v) is 6.95. The Labute approximate surface area is 130 Å². The van der Waals surface area contributed by atoms with Gasteiger partial charge < -0.3 is 0 Å². The van der Waals surface area contributed by atoms with E-state index in [1.54, 1.807) is 4.68 Å². The highest BCUT2D eigenvalue weighted by Crippen LogP contribution is 2.32. The Balaban J connectivity index is 2.60. The molecule has 0 aliphatic rings. The molecular formula is C13H14Cl2F2N4. The van der Waals surface area contributed by atoms with Crippen LogP contribution in [-0.2, 0) is 0 Å². The van der Waals surface area contributed by atoms with Crippen molar-refractivity contribution in [3.63, 3.8) is 0 Å². The van der Waals surface area contributed by atoms with Gasteiger partial charge in [-0.05, 0) is 26.0 Å². The molecule has 1 atom stereocenters. The third kappa shape index (κ3) is 3.03. The van der Waals surface area contributed by atoms with Crippen LogP contribution < -0.4 is 11.3 Å². The van der Waals surface area contributed by atoms with Crippen LogP contribution in [0.15, 0.2) is 18.3 Å². The van der Waals surface area contributed by atoms with Crippen molar-refractivity contribution in [2.45, 2.75) is 25.9 Å². The fourth-order valence-electron chi connectivity index (χ4n) is 2.11. The highest BCUT2D eigenvalue weighted by Gasteiger charge is 2.26. The fourth-order valence-corrected chi connectivity index (χ4v) is 2.50. The number of halogens is 4. The third-order valence-electron chi connectivity index (χ3n) is 3.07. The van der Waals surface area contributed by atoms with Crippen molar-refractivity contribution in [3.05, 3.63) is 51.3 Å². The van der Waals surface area contributed by atoms with E-state index in [0.29, 0.717) is 10.7 Å². The molecule has 1 aromatic heterocycles. The van der Waals surface area contributed by atoms with Gasteiger partial charge in [0.05, 0.1) is 28.0 Å². The minimum atomic E-state index is -0.853. The summed E-state index contributed by atoms with van der Waals surface area (Å²) in [7, 11) is 0. The van der Waals surface area contributed by atoms with Crippen molar-refractivity contribution < 1.29 is 8.78 Å². The summed E-state index contributed by atoms with van der Waals surface area (Å²) in [5, 5.41) is 4.14. The molecule has 0 amide bonds. The zero-order valence-electron chi connectivity index (χ0n) is 11.4. The summed E-state index contributed by atoms with van der Waals surface area (Å²) in [5.74, 6) is 4.10. The monoisotopic (exact) mass is 334 g/mol. The van der Waals surface area contributed by atoms with Crippen molar-refractivity contribution in [2.75, 3.05) is 0 Å². The fraction of sp³-hybridized carbons (Fsp3) is 0.308. The van der Waals surface area contributed by atoms with E-state index in [9.17, 15) is 8.78 Å². The Morgan fingerprint density at radius 2 is 1.86 bits per heavy atom. The van der Waals surface area contributed by atoms with Crippen LogP contribution in [-0.4, -0.2) is 9.78 Å². The van der Waals surface area contributed by atoms with Gasteiger partial charge >= 0.3 is 0 Å². The second-order valence-electron chi connectivity index (χ2n) is 4.80. The van der Waals surface area contributed by atoms with Gasteiger partial charge in [-0.3, -0.25) is 10.5 Å². The average Bonchev–Trinajstić information content (AvgIpc) is 2.79. The van der Waals surface area contributed by atoms with Gasteiger partial charge in [-0.1, -0.05) is 23.2 Å². The lowest BCUT2D eigenvalue weighted by Crippen LogP contribution is -2.32. The number of hydrogen-bond donors (Lipinski definition) is 2. The smallest absolute Gasteiger partial charge is 0.142 e. The van der Waals surface area contributed by atoms with Crippen LogP contribution in [0.4, 0.5) is 8.78 Å². The third-order valence-corrected chi connectivity index (χ3v) is 3.65. The lowest BCUT2D eigenvalue weighted by atomic mass is 10.0. The summed E-state index contributed by atoms with van der Waals surface area (Å²) in [6.07, 6.45) is 1.44. The predicted molar refractivity (Wildman–Crippen MR) is 78.2 cm³/mol. The Morgan fingerprint density at radius 3 is 2.43 bits per heavy atom. The van der Waals surface area contributed by atoms with Crippen LogP contribution in [0.25, 0.3) is 0 Å². The summed E-state index contributed by atoms with van der Waals surface area (Å²) >= 11 is 11.7. The molecule has 114 valence electrons. The molecule has 21 heavy (non-hydrogen) atoms. The molecule has 2 rings (SSSR count). The molecule has 1 aromatic carbocycles. The summed E-state index contributed by atoms with van der Waals surface area (Å²) in [5.41, 5.74) is 2.91. The molecule has 0 spiro atoms. The highest BCUT2D eigenvalue weighted by molar-refractivity contribution is 6.31. The van der Waals surface area contributed by atoms with Gasteiger partial charge in [-0.15, -0.1) is 0 Å². The van der Waals surface area contributed by atoms with Crippen molar-refractivity contribution in [2.24, 2.45) is 5.84 Å². The molecule has 1 heterocycles. The van der Waals surface area contributed by atoms with Gasteiger partial charge in [0, 0.05) is 11.6 Å². The standard InChI is InChI=1S/C13H14Cl2F2N4/c1-6(2)21-13(9(15)5-19-21)12(20-18)7-3-11(17)8(14)4-10(7)16/h3-6,12,20H,18H2,1-2H3. The molecule has 2 aromatic rings. The average molecular weight is 335 g/mol. The Kier molecular flexibility index (Phi) is 4.83. The van der Waals surface area contributed by atoms with E-state index in [-0.39, 0.29) is 16.6 Å². The Hall–Kier alpha value is -1.21. The molecule has 0 aliphatic carbocycles. The molecule has 8 heteroatoms. The van der Waals surface area contributed by atoms with Gasteiger partial charge in [-0.2, -0.15) is 5.10 Å². The molecular weight excluding hydrogens is 321 g/mol. The van der Waals surface area contributed by atoms with Crippen LogP contribution >= 0.6 is 23.2 Å². The minimum Gasteiger partial charge on any atom is -0.271 e. The van der Waals surface area contributed by atoms with E-state index < -0.39 is 17.7 Å². The number of hydrazine groups is 1. The summed E-state index contributed by atoms with van der Waals surface area (Å²) in [4.78, 5) is 0. The molecule has 3 N–H and O–H groups in total. The number of aromatic nitrogens is 2. The number of rotatable bonds is 4. The number of benzene rings is 1. The number of hydrogen-bond acceptors (Lipinski definition) is 3. The molecule has 0 radical (unpaired) electrons. The van der Waals surface area contributed by atoms with E-state index in [1.807, 2.05) is 13.8 Å². The molecule has 0 saturated carbocycles. The maximum Gasteiger partial charge on any atom is 0.142 e. The van der Waals surface area contributed by atoms with Gasteiger partial charge in [0.25, 0.3) is 0 Å². The topological polar surface area (TPSA) is 55.9 Å². The van der Waals surface area contributed by atoms with Crippen LogP contribution in [0.2, 0.25) is 10.0 Å². The Bertz CT molecular complexity index is 658. The predicted octanol–water partition coefficient (Wildman–Crippen LogP) is 3.60. The van der Waals surface area contributed by atoms with Crippen LogP contribution in [0, 0.1) is 11.6 Å². The first-order chi connectivity index (χ1) is 9.86. The van der Waals surface area contributed by atoms with E-state index >= 15 is 0 Å². The normalized spacial score (nSPS) is 13.0. The van der Waals surface area contributed by atoms with E-state index in [4.69, 9.17) is 29.0 Å². The molecule has 1 unspecified atom stereocenters. The molecule has 0 aliphatic heterocycles. The SMILES string of the molecule is CC(C)n1ncc(Cl)c1C(NN)c1cc(F)c(Cl)cc1F. The van der Waals surface area contributed by atoms with Crippen molar-refractivity contribution in [1.29, 1.82) is 0 Å². The van der Waals surface area contributed by atoms with Crippen LogP contribution in [0.3, 0.4) is 0 Å². The number of nitrogens with two attached hydrogens (primary N) is 1.